The fourth-order valence-electron chi connectivity index (χ4n) is 2.27. The van der Waals surface area contributed by atoms with Crippen LogP contribution in [0.4, 0.5) is 5.82 Å². The second kappa shape index (κ2) is 6.61. The summed E-state index contributed by atoms with van der Waals surface area (Å²) in [7, 11) is 0. The first-order valence-corrected chi connectivity index (χ1v) is 7.71. The topological polar surface area (TPSA) is 54.9 Å². The molecule has 2 rings (SSSR count). The molecule has 1 fully saturated rings. The normalized spacial score (nSPS) is 16.6. The van der Waals surface area contributed by atoms with Gasteiger partial charge in [0.25, 0.3) is 0 Å². The van der Waals surface area contributed by atoms with Crippen LogP contribution < -0.4 is 5.32 Å². The lowest BCUT2D eigenvalue weighted by molar-refractivity contribution is -0.117. The maximum atomic E-state index is 11.9. The van der Waals surface area contributed by atoms with Crippen molar-refractivity contribution >= 4 is 43.6 Å². The summed E-state index contributed by atoms with van der Waals surface area (Å²) >= 11 is 6.51. The molecular weight excluding hydrogens is 362 g/mol. The molecule has 6 heteroatoms. The molecule has 4 nitrogen and oxygen atoms in total. The highest BCUT2D eigenvalue weighted by Gasteiger charge is 2.18. The first-order chi connectivity index (χ1) is 8.65. The van der Waals surface area contributed by atoms with Gasteiger partial charge in [-0.2, -0.15) is 0 Å². The molecule has 98 valence electrons. The summed E-state index contributed by atoms with van der Waals surface area (Å²) in [5.41, 5.74) is 0. The summed E-state index contributed by atoms with van der Waals surface area (Å²) in [6, 6.07) is 0. The van der Waals surface area contributed by atoms with Crippen molar-refractivity contribution in [3.63, 3.8) is 0 Å². The summed E-state index contributed by atoms with van der Waals surface area (Å²) in [5.74, 6) is 1.04. The summed E-state index contributed by atoms with van der Waals surface area (Å²) in [6.07, 6.45) is 8.30. The molecule has 0 spiro atoms. The first kappa shape index (κ1) is 13.9. The van der Waals surface area contributed by atoms with E-state index in [1.165, 1.54) is 32.1 Å². The van der Waals surface area contributed by atoms with Gasteiger partial charge in [0, 0.05) is 6.42 Å². The number of hydrogen-bond acceptors (Lipinski definition) is 3. The molecule has 0 saturated heterocycles. The summed E-state index contributed by atoms with van der Waals surface area (Å²) < 4.78 is 1.19. The molecule has 1 amide bonds. The van der Waals surface area contributed by atoms with Crippen molar-refractivity contribution < 1.29 is 4.79 Å². The SMILES string of the molecule is O=C(CC1CCCCC1)Nc1ncc(Br)nc1Br. The van der Waals surface area contributed by atoms with Crippen molar-refractivity contribution in [3.05, 3.63) is 15.4 Å². The molecule has 1 aromatic rings. The first-order valence-electron chi connectivity index (χ1n) is 6.13. The van der Waals surface area contributed by atoms with Crippen molar-refractivity contribution in [1.82, 2.24) is 9.97 Å². The van der Waals surface area contributed by atoms with Crippen molar-refractivity contribution in [2.45, 2.75) is 38.5 Å². The number of anilines is 1. The molecule has 1 saturated carbocycles. The van der Waals surface area contributed by atoms with Crippen LogP contribution in [-0.4, -0.2) is 15.9 Å². The smallest absolute Gasteiger partial charge is 0.225 e. The van der Waals surface area contributed by atoms with Gasteiger partial charge < -0.3 is 5.32 Å². The van der Waals surface area contributed by atoms with E-state index in [0.717, 1.165) is 0 Å². The van der Waals surface area contributed by atoms with E-state index in [4.69, 9.17) is 0 Å². The Morgan fingerprint density at radius 1 is 1.33 bits per heavy atom. The quantitative estimate of drug-likeness (QED) is 0.869. The van der Waals surface area contributed by atoms with E-state index in [-0.39, 0.29) is 5.91 Å². The average Bonchev–Trinajstić information content (AvgIpc) is 2.34. The van der Waals surface area contributed by atoms with Crippen molar-refractivity contribution in [1.29, 1.82) is 0 Å². The van der Waals surface area contributed by atoms with Gasteiger partial charge in [0.2, 0.25) is 5.91 Å². The minimum atomic E-state index is 0.0271. The Morgan fingerprint density at radius 3 is 2.72 bits per heavy atom. The highest BCUT2D eigenvalue weighted by Crippen LogP contribution is 2.27. The molecule has 1 N–H and O–H groups in total. The maximum Gasteiger partial charge on any atom is 0.225 e. The summed E-state index contributed by atoms with van der Waals surface area (Å²) in [4.78, 5) is 20.2. The Labute approximate surface area is 123 Å². The molecule has 1 aromatic heterocycles. The third kappa shape index (κ3) is 4.02. The van der Waals surface area contributed by atoms with Crippen molar-refractivity contribution in [2.24, 2.45) is 5.92 Å². The van der Waals surface area contributed by atoms with Crippen LogP contribution in [0.3, 0.4) is 0 Å². The Morgan fingerprint density at radius 2 is 2.06 bits per heavy atom. The standard InChI is InChI=1S/C12H15Br2N3O/c13-9-7-15-12(11(14)16-9)17-10(18)6-8-4-2-1-3-5-8/h7-8H,1-6H2,(H,15,17,18). The Kier molecular flexibility index (Phi) is 5.12. The van der Waals surface area contributed by atoms with Gasteiger partial charge in [-0.3, -0.25) is 4.79 Å². The van der Waals surface area contributed by atoms with Crippen LogP contribution in [0.2, 0.25) is 0 Å². The molecule has 1 aliphatic carbocycles. The number of halogens is 2. The van der Waals surface area contributed by atoms with Crippen molar-refractivity contribution in [3.8, 4) is 0 Å². The van der Waals surface area contributed by atoms with Crippen LogP contribution in [0.25, 0.3) is 0 Å². The summed E-state index contributed by atoms with van der Waals surface area (Å²) in [6.45, 7) is 0. The molecule has 0 bridgehead atoms. The minimum absolute atomic E-state index is 0.0271. The van der Waals surface area contributed by atoms with Gasteiger partial charge in [-0.15, -0.1) is 0 Å². The van der Waals surface area contributed by atoms with Crippen LogP contribution in [0.15, 0.2) is 15.4 Å². The third-order valence-electron chi connectivity index (χ3n) is 3.16. The Hall–Kier alpha value is -0.490. The maximum absolute atomic E-state index is 11.9. The minimum Gasteiger partial charge on any atom is -0.308 e. The predicted octanol–water partition coefficient (Wildman–Crippen LogP) is 3.91. The number of carbonyl (C=O) groups excluding carboxylic acids is 1. The molecule has 0 aromatic carbocycles. The monoisotopic (exact) mass is 375 g/mol. The molecule has 1 aliphatic rings. The highest BCUT2D eigenvalue weighted by atomic mass is 79.9. The molecule has 0 radical (unpaired) electrons. The zero-order valence-electron chi connectivity index (χ0n) is 9.96. The number of hydrogen-bond donors (Lipinski definition) is 1. The zero-order valence-corrected chi connectivity index (χ0v) is 13.1. The lowest BCUT2D eigenvalue weighted by atomic mass is 9.87. The van der Waals surface area contributed by atoms with E-state index in [1.807, 2.05) is 0 Å². The number of carbonyl (C=O) groups is 1. The van der Waals surface area contributed by atoms with Gasteiger partial charge in [-0.05, 0) is 50.6 Å². The fraction of sp³-hybridized carbons (Fsp3) is 0.583. The van der Waals surface area contributed by atoms with E-state index in [9.17, 15) is 4.79 Å². The molecular formula is C12H15Br2N3O. The van der Waals surface area contributed by atoms with E-state index in [0.29, 0.717) is 27.4 Å². The largest absolute Gasteiger partial charge is 0.308 e. The number of nitrogens with zero attached hydrogens (tertiary/aromatic N) is 2. The Balaban J connectivity index is 1.90. The second-order valence-corrected chi connectivity index (χ2v) is 6.15. The van der Waals surface area contributed by atoms with E-state index in [2.05, 4.69) is 47.1 Å². The van der Waals surface area contributed by atoms with Crippen LogP contribution in [0.5, 0.6) is 0 Å². The van der Waals surface area contributed by atoms with Gasteiger partial charge in [0.15, 0.2) is 5.82 Å². The van der Waals surface area contributed by atoms with Gasteiger partial charge >= 0.3 is 0 Å². The third-order valence-corrected chi connectivity index (χ3v) is 4.09. The predicted molar refractivity (Wildman–Crippen MR) is 77.3 cm³/mol. The van der Waals surface area contributed by atoms with Crippen LogP contribution in [0.1, 0.15) is 38.5 Å². The Bertz CT molecular complexity index is 433. The second-order valence-electron chi connectivity index (χ2n) is 4.59. The molecule has 18 heavy (non-hydrogen) atoms. The van der Waals surface area contributed by atoms with Crippen LogP contribution >= 0.6 is 31.9 Å². The van der Waals surface area contributed by atoms with Crippen LogP contribution in [-0.2, 0) is 4.79 Å². The van der Waals surface area contributed by atoms with Crippen molar-refractivity contribution in [2.75, 3.05) is 5.32 Å². The summed E-state index contributed by atoms with van der Waals surface area (Å²) in [5, 5.41) is 2.80. The van der Waals surface area contributed by atoms with E-state index < -0.39 is 0 Å². The lowest BCUT2D eigenvalue weighted by Crippen LogP contribution is -2.19. The van der Waals surface area contributed by atoms with E-state index in [1.54, 1.807) is 6.20 Å². The molecule has 0 aliphatic heterocycles. The average molecular weight is 377 g/mol. The fourth-order valence-corrected chi connectivity index (χ4v) is 3.18. The number of nitrogens with one attached hydrogen (secondary N) is 1. The van der Waals surface area contributed by atoms with E-state index >= 15 is 0 Å². The molecule has 0 unspecified atom stereocenters. The van der Waals surface area contributed by atoms with Gasteiger partial charge in [0.1, 0.15) is 9.21 Å². The molecule has 0 atom stereocenters. The number of rotatable bonds is 3. The number of amides is 1. The van der Waals surface area contributed by atoms with Crippen LogP contribution in [0, 0.1) is 5.92 Å². The van der Waals surface area contributed by atoms with Gasteiger partial charge in [-0.25, -0.2) is 9.97 Å². The lowest BCUT2D eigenvalue weighted by Gasteiger charge is -2.20. The highest BCUT2D eigenvalue weighted by molar-refractivity contribution is 9.11. The zero-order chi connectivity index (χ0) is 13.0. The molecule has 1 heterocycles. The number of aromatic nitrogens is 2. The van der Waals surface area contributed by atoms with Gasteiger partial charge in [0.05, 0.1) is 6.20 Å². The van der Waals surface area contributed by atoms with Gasteiger partial charge in [-0.1, -0.05) is 19.3 Å².